The van der Waals surface area contributed by atoms with Crippen LogP contribution in [0.2, 0.25) is 0 Å². The van der Waals surface area contributed by atoms with E-state index in [2.05, 4.69) is 42.8 Å². The molecule has 0 amide bonds. The Bertz CT molecular complexity index is 1120. The van der Waals surface area contributed by atoms with Gasteiger partial charge in [0.15, 0.2) is 5.76 Å². The molecule has 0 spiro atoms. The van der Waals surface area contributed by atoms with Crippen molar-refractivity contribution >= 4 is 23.4 Å². The number of hydrogen-bond acceptors (Lipinski definition) is 10. The van der Waals surface area contributed by atoms with Crippen molar-refractivity contribution in [2.45, 2.75) is 12.5 Å². The molecule has 32 heavy (non-hydrogen) atoms. The Hall–Kier alpha value is -3.70. The summed E-state index contributed by atoms with van der Waals surface area (Å²) < 4.78 is 17.1. The van der Waals surface area contributed by atoms with Crippen LogP contribution in [-0.4, -0.2) is 64.6 Å². The first-order valence-corrected chi connectivity index (χ1v) is 10.2. The number of methoxy groups -OCH3 is 2. The molecule has 4 N–H and O–H groups in total. The van der Waals surface area contributed by atoms with Crippen LogP contribution < -0.4 is 16.4 Å². The van der Waals surface area contributed by atoms with Crippen molar-refractivity contribution in [1.29, 1.82) is 0 Å². The van der Waals surface area contributed by atoms with Crippen molar-refractivity contribution < 1.29 is 13.9 Å². The van der Waals surface area contributed by atoms with Crippen LogP contribution >= 0.6 is 0 Å². The van der Waals surface area contributed by atoms with Crippen molar-refractivity contribution in [2.24, 2.45) is 0 Å². The fraction of sp³-hybridized carbons (Fsp3) is 0.333. The topological polar surface area (TPSA) is 138 Å². The second-order valence-corrected chi connectivity index (χ2v) is 7.16. The number of rotatable bonds is 11. The van der Waals surface area contributed by atoms with Crippen LogP contribution in [0.5, 0.6) is 0 Å². The zero-order valence-corrected chi connectivity index (χ0v) is 18.0. The predicted molar refractivity (Wildman–Crippen MR) is 120 cm³/mol. The van der Waals surface area contributed by atoms with Crippen LogP contribution in [0.3, 0.4) is 0 Å². The molecule has 4 aromatic rings. The van der Waals surface area contributed by atoms with E-state index in [0.717, 1.165) is 12.1 Å². The third kappa shape index (κ3) is 5.13. The van der Waals surface area contributed by atoms with E-state index in [1.54, 1.807) is 32.6 Å². The quantitative estimate of drug-likeness (QED) is 0.319. The van der Waals surface area contributed by atoms with Gasteiger partial charge in [-0.1, -0.05) is 12.1 Å². The highest BCUT2D eigenvalue weighted by atomic mass is 16.5. The monoisotopic (exact) mass is 438 g/mol. The van der Waals surface area contributed by atoms with Crippen LogP contribution in [0.15, 0.2) is 47.1 Å². The maximum Gasteiger partial charge on any atom is 0.259 e. The van der Waals surface area contributed by atoms with E-state index in [0.29, 0.717) is 43.1 Å². The minimum atomic E-state index is 0.0977. The average molecular weight is 438 g/mol. The second kappa shape index (κ2) is 10.1. The molecule has 0 aliphatic heterocycles. The SMILES string of the molecule is COCC(COC)Nc1ccc(CCNc2nc(N)n3nc(-c4ccco4)nc3n2)cc1. The molecule has 0 bridgehead atoms. The maximum atomic E-state index is 6.02. The molecular weight excluding hydrogens is 412 g/mol. The first-order valence-electron chi connectivity index (χ1n) is 10.2. The molecule has 0 aliphatic carbocycles. The van der Waals surface area contributed by atoms with Crippen LogP contribution in [0.25, 0.3) is 17.4 Å². The van der Waals surface area contributed by atoms with Gasteiger partial charge in [0.05, 0.1) is 25.5 Å². The van der Waals surface area contributed by atoms with E-state index in [1.165, 1.54) is 10.1 Å². The lowest BCUT2D eigenvalue weighted by atomic mass is 10.1. The zero-order chi connectivity index (χ0) is 22.3. The molecule has 11 nitrogen and oxygen atoms in total. The standard InChI is InChI=1S/C21H26N8O3/c1-30-12-16(13-31-2)24-15-7-5-14(6-8-15)9-10-23-20-26-19(22)29-21(27-20)25-18(28-29)17-4-3-11-32-17/h3-8,11,16,24H,9-10,12-13H2,1-2H3,(H3,22,23,25,26,27,28). The number of nitrogen functional groups attached to an aromatic ring is 1. The Morgan fingerprint density at radius 1 is 1.06 bits per heavy atom. The molecule has 0 fully saturated rings. The van der Waals surface area contributed by atoms with Gasteiger partial charge in [0, 0.05) is 26.5 Å². The summed E-state index contributed by atoms with van der Waals surface area (Å²) in [6, 6.07) is 11.9. The van der Waals surface area contributed by atoms with Gasteiger partial charge in [-0.15, -0.1) is 5.10 Å². The van der Waals surface area contributed by atoms with Crippen LogP contribution in [0.4, 0.5) is 17.6 Å². The van der Waals surface area contributed by atoms with E-state index >= 15 is 0 Å². The number of nitrogens with zero attached hydrogens (tertiary/aromatic N) is 5. The van der Waals surface area contributed by atoms with Crippen LogP contribution in [-0.2, 0) is 15.9 Å². The van der Waals surface area contributed by atoms with Gasteiger partial charge in [0.25, 0.3) is 5.78 Å². The lowest BCUT2D eigenvalue weighted by Gasteiger charge is -2.18. The van der Waals surface area contributed by atoms with Crippen molar-refractivity contribution in [1.82, 2.24) is 24.6 Å². The third-order valence-corrected chi connectivity index (χ3v) is 4.73. The molecule has 1 aromatic carbocycles. The number of ether oxygens (including phenoxy) is 2. The molecule has 4 rings (SSSR count). The van der Waals surface area contributed by atoms with Crippen molar-refractivity contribution in [3.63, 3.8) is 0 Å². The average Bonchev–Trinajstić information content (AvgIpc) is 3.45. The summed E-state index contributed by atoms with van der Waals surface area (Å²) in [4.78, 5) is 13.0. The van der Waals surface area contributed by atoms with Gasteiger partial charge in [0.1, 0.15) is 0 Å². The summed E-state index contributed by atoms with van der Waals surface area (Å²) >= 11 is 0. The number of nitrogens with two attached hydrogens (primary N) is 1. The van der Waals surface area contributed by atoms with Gasteiger partial charge in [-0.3, -0.25) is 0 Å². The van der Waals surface area contributed by atoms with Crippen molar-refractivity contribution in [3.05, 3.63) is 48.2 Å². The fourth-order valence-electron chi connectivity index (χ4n) is 3.25. The lowest BCUT2D eigenvalue weighted by molar-refractivity contribution is 0.126. The number of aromatic nitrogens is 5. The first kappa shape index (κ1) is 21.5. The number of fused-ring (bicyclic) bond motifs is 1. The molecule has 0 aliphatic rings. The Kier molecular flexibility index (Phi) is 6.78. The molecule has 0 radical (unpaired) electrons. The highest BCUT2D eigenvalue weighted by Gasteiger charge is 2.13. The van der Waals surface area contributed by atoms with E-state index in [-0.39, 0.29) is 12.0 Å². The molecule has 168 valence electrons. The highest BCUT2D eigenvalue weighted by molar-refractivity contribution is 5.52. The van der Waals surface area contributed by atoms with Crippen LogP contribution in [0, 0.1) is 0 Å². The highest BCUT2D eigenvalue weighted by Crippen LogP contribution is 2.18. The van der Waals surface area contributed by atoms with Gasteiger partial charge in [-0.25, -0.2) is 0 Å². The molecule has 11 heteroatoms. The Balaban J connectivity index is 1.35. The predicted octanol–water partition coefficient (Wildman–Crippen LogP) is 2.09. The summed E-state index contributed by atoms with van der Waals surface area (Å²) in [6.45, 7) is 1.78. The molecule has 3 aromatic heterocycles. The van der Waals surface area contributed by atoms with Gasteiger partial charge < -0.3 is 30.3 Å². The summed E-state index contributed by atoms with van der Waals surface area (Å²) in [6.07, 6.45) is 2.35. The summed E-state index contributed by atoms with van der Waals surface area (Å²) in [5.41, 5.74) is 8.21. The van der Waals surface area contributed by atoms with Gasteiger partial charge in [0.2, 0.25) is 17.7 Å². The first-order chi connectivity index (χ1) is 15.7. The van der Waals surface area contributed by atoms with E-state index in [1.807, 2.05) is 12.1 Å². The molecule has 0 saturated heterocycles. The van der Waals surface area contributed by atoms with Gasteiger partial charge >= 0.3 is 0 Å². The number of anilines is 3. The second-order valence-electron chi connectivity index (χ2n) is 7.16. The molecule has 0 saturated carbocycles. The molecule has 0 atom stereocenters. The fourth-order valence-corrected chi connectivity index (χ4v) is 3.25. The number of benzene rings is 1. The largest absolute Gasteiger partial charge is 0.461 e. The summed E-state index contributed by atoms with van der Waals surface area (Å²) in [5.74, 6) is 1.88. The summed E-state index contributed by atoms with van der Waals surface area (Å²) in [5, 5.41) is 10.9. The van der Waals surface area contributed by atoms with Gasteiger partial charge in [-0.05, 0) is 36.2 Å². The maximum absolute atomic E-state index is 6.02. The Labute approximate surface area is 185 Å². The Morgan fingerprint density at radius 3 is 2.53 bits per heavy atom. The lowest BCUT2D eigenvalue weighted by Crippen LogP contribution is -2.29. The minimum absolute atomic E-state index is 0.0977. The number of furan rings is 1. The molecular formula is C21H26N8O3. The summed E-state index contributed by atoms with van der Waals surface area (Å²) in [7, 11) is 3.35. The van der Waals surface area contributed by atoms with E-state index in [4.69, 9.17) is 19.6 Å². The number of nitrogens with one attached hydrogen (secondary N) is 2. The molecule has 0 unspecified atom stereocenters. The molecule has 3 heterocycles. The Morgan fingerprint density at radius 2 is 1.84 bits per heavy atom. The minimum Gasteiger partial charge on any atom is -0.461 e. The van der Waals surface area contributed by atoms with E-state index < -0.39 is 0 Å². The number of hydrogen-bond donors (Lipinski definition) is 3. The smallest absolute Gasteiger partial charge is 0.259 e. The van der Waals surface area contributed by atoms with Crippen molar-refractivity contribution in [2.75, 3.05) is 50.3 Å². The van der Waals surface area contributed by atoms with E-state index in [9.17, 15) is 0 Å². The normalized spacial score (nSPS) is 11.3. The third-order valence-electron chi connectivity index (χ3n) is 4.73. The zero-order valence-electron chi connectivity index (χ0n) is 18.0. The van der Waals surface area contributed by atoms with Crippen LogP contribution in [0.1, 0.15) is 5.56 Å². The van der Waals surface area contributed by atoms with Crippen molar-refractivity contribution in [3.8, 4) is 11.6 Å². The van der Waals surface area contributed by atoms with Gasteiger partial charge in [-0.2, -0.15) is 19.5 Å².